The van der Waals surface area contributed by atoms with Gasteiger partial charge in [0.2, 0.25) is 0 Å². The maximum atomic E-state index is 12.7. The highest BCUT2D eigenvalue weighted by atomic mass is 35.5. The standard InChI is InChI=1S/C18H22ClN5O3S2/c1-10-5-6-11(24-23-10)8-21-15(25)13-7-12(19)14(28-13)18(4)9-29(26,27)17(2,3)16(20)22-18/h5-7H,8-9H2,1-4H3,(H2,20,22)(H,21,25)/t18-/m0/s1. The summed E-state index contributed by atoms with van der Waals surface area (Å²) in [7, 11) is -3.57. The number of sulfone groups is 1. The fourth-order valence-electron chi connectivity index (χ4n) is 2.89. The van der Waals surface area contributed by atoms with Crippen molar-refractivity contribution < 1.29 is 13.2 Å². The average Bonchev–Trinajstić information content (AvgIpc) is 3.02. The molecule has 11 heteroatoms. The first-order chi connectivity index (χ1) is 13.4. The largest absolute Gasteiger partial charge is 0.386 e. The summed E-state index contributed by atoms with van der Waals surface area (Å²) in [6.45, 7) is 6.76. The predicted octanol–water partition coefficient (Wildman–Crippen LogP) is 2.21. The van der Waals surface area contributed by atoms with Gasteiger partial charge in [0.25, 0.3) is 5.91 Å². The molecule has 1 aliphatic rings. The second-order valence-corrected chi connectivity index (χ2v) is 11.7. The lowest BCUT2D eigenvalue weighted by molar-refractivity contribution is 0.0954. The molecule has 2 aromatic rings. The van der Waals surface area contributed by atoms with E-state index >= 15 is 0 Å². The summed E-state index contributed by atoms with van der Waals surface area (Å²) in [5.41, 5.74) is 6.24. The molecule has 0 aromatic carbocycles. The SMILES string of the molecule is Cc1ccc(CNC(=O)c2cc(Cl)c([C@]3(C)CS(=O)(=O)C(C)(C)C(N)=N3)s2)nn1. The molecule has 0 radical (unpaired) electrons. The summed E-state index contributed by atoms with van der Waals surface area (Å²) in [4.78, 5) is 17.8. The van der Waals surface area contributed by atoms with Crippen molar-refractivity contribution in [1.82, 2.24) is 15.5 Å². The van der Waals surface area contributed by atoms with Gasteiger partial charge in [-0.2, -0.15) is 10.2 Å². The fraction of sp³-hybridized carbons (Fsp3) is 0.444. The third kappa shape index (κ3) is 4.01. The predicted molar refractivity (Wildman–Crippen MR) is 114 cm³/mol. The average molecular weight is 456 g/mol. The van der Waals surface area contributed by atoms with Gasteiger partial charge in [-0.05, 0) is 45.9 Å². The van der Waals surface area contributed by atoms with Gasteiger partial charge in [-0.25, -0.2) is 8.42 Å². The Morgan fingerprint density at radius 3 is 2.59 bits per heavy atom. The van der Waals surface area contributed by atoms with E-state index in [0.717, 1.165) is 17.0 Å². The number of aromatic nitrogens is 2. The molecule has 0 saturated heterocycles. The zero-order valence-electron chi connectivity index (χ0n) is 16.5. The van der Waals surface area contributed by atoms with Crippen molar-refractivity contribution in [2.24, 2.45) is 10.7 Å². The number of aliphatic imine (C=N–C) groups is 1. The number of halogens is 1. The van der Waals surface area contributed by atoms with Crippen LogP contribution in [0.25, 0.3) is 0 Å². The molecule has 1 aliphatic heterocycles. The fourth-order valence-corrected chi connectivity index (χ4v) is 6.20. The summed E-state index contributed by atoms with van der Waals surface area (Å²) in [5.74, 6) is -0.557. The monoisotopic (exact) mass is 455 g/mol. The number of hydrogen-bond donors (Lipinski definition) is 2. The van der Waals surface area contributed by atoms with E-state index < -0.39 is 20.1 Å². The zero-order chi connectivity index (χ0) is 21.6. The lowest BCUT2D eigenvalue weighted by atomic mass is 10.0. The lowest BCUT2D eigenvalue weighted by Crippen LogP contribution is -2.54. The molecular weight excluding hydrogens is 434 g/mol. The number of nitrogens with zero attached hydrogens (tertiary/aromatic N) is 3. The van der Waals surface area contributed by atoms with Crippen LogP contribution < -0.4 is 11.1 Å². The number of amides is 1. The third-order valence-electron chi connectivity index (χ3n) is 4.92. The van der Waals surface area contributed by atoms with Crippen molar-refractivity contribution in [3.63, 3.8) is 0 Å². The van der Waals surface area contributed by atoms with E-state index in [9.17, 15) is 13.2 Å². The molecule has 3 N–H and O–H groups in total. The van der Waals surface area contributed by atoms with Gasteiger partial charge >= 0.3 is 0 Å². The number of carbonyl (C=O) groups is 1. The summed E-state index contributed by atoms with van der Waals surface area (Å²) in [6, 6.07) is 5.10. The van der Waals surface area contributed by atoms with Crippen molar-refractivity contribution in [3.8, 4) is 0 Å². The molecule has 29 heavy (non-hydrogen) atoms. The number of nitrogens with one attached hydrogen (secondary N) is 1. The van der Waals surface area contributed by atoms with Gasteiger partial charge in [-0.3, -0.25) is 9.79 Å². The third-order valence-corrected chi connectivity index (χ3v) is 9.42. The molecule has 0 spiro atoms. The molecule has 0 bridgehead atoms. The topological polar surface area (TPSA) is 127 Å². The van der Waals surface area contributed by atoms with E-state index in [1.54, 1.807) is 13.0 Å². The van der Waals surface area contributed by atoms with Crippen LogP contribution >= 0.6 is 22.9 Å². The van der Waals surface area contributed by atoms with Crippen molar-refractivity contribution in [2.75, 3.05) is 5.75 Å². The summed E-state index contributed by atoms with van der Waals surface area (Å²) in [6.07, 6.45) is 0. The highest BCUT2D eigenvalue weighted by Crippen LogP contribution is 2.43. The highest BCUT2D eigenvalue weighted by Gasteiger charge is 2.49. The van der Waals surface area contributed by atoms with Crippen LogP contribution in [0.3, 0.4) is 0 Å². The number of hydrogen-bond acceptors (Lipinski definition) is 8. The van der Waals surface area contributed by atoms with Gasteiger partial charge in [0, 0.05) is 0 Å². The molecule has 1 amide bonds. The van der Waals surface area contributed by atoms with Gasteiger partial charge in [0.05, 0.1) is 38.5 Å². The van der Waals surface area contributed by atoms with Crippen molar-refractivity contribution >= 4 is 44.5 Å². The Morgan fingerprint density at radius 1 is 1.31 bits per heavy atom. The Morgan fingerprint density at radius 2 is 2.00 bits per heavy atom. The second kappa shape index (κ2) is 7.33. The van der Waals surface area contributed by atoms with E-state index in [1.165, 1.54) is 19.9 Å². The number of amidine groups is 1. The molecule has 3 heterocycles. The number of rotatable bonds is 4. The van der Waals surface area contributed by atoms with Crippen molar-refractivity contribution in [2.45, 2.75) is 44.5 Å². The van der Waals surface area contributed by atoms with Crippen LogP contribution in [-0.4, -0.2) is 40.9 Å². The van der Waals surface area contributed by atoms with Crippen LogP contribution in [0, 0.1) is 6.92 Å². The molecule has 8 nitrogen and oxygen atoms in total. The molecule has 0 fully saturated rings. The number of aryl methyl sites for hydroxylation is 1. The lowest BCUT2D eigenvalue weighted by Gasteiger charge is -2.37. The maximum absolute atomic E-state index is 12.7. The van der Waals surface area contributed by atoms with E-state index in [1.807, 2.05) is 13.0 Å². The first-order valence-corrected chi connectivity index (χ1v) is 11.7. The normalized spacial score (nSPS) is 22.7. The summed E-state index contributed by atoms with van der Waals surface area (Å²) < 4.78 is 24.2. The minimum absolute atomic E-state index is 0.0275. The van der Waals surface area contributed by atoms with Crippen LogP contribution in [0.1, 0.15) is 46.7 Å². The Hall–Kier alpha value is -2.04. The quantitative estimate of drug-likeness (QED) is 0.727. The Balaban J connectivity index is 1.85. The first-order valence-electron chi connectivity index (χ1n) is 8.81. The highest BCUT2D eigenvalue weighted by molar-refractivity contribution is 7.93. The van der Waals surface area contributed by atoms with Crippen LogP contribution in [0.15, 0.2) is 23.2 Å². The first kappa shape index (κ1) is 21.7. The number of carbonyl (C=O) groups excluding carboxylic acids is 1. The molecule has 156 valence electrons. The Labute approximate surface area is 178 Å². The van der Waals surface area contributed by atoms with E-state index in [4.69, 9.17) is 17.3 Å². The molecule has 3 rings (SSSR count). The maximum Gasteiger partial charge on any atom is 0.261 e. The Kier molecular flexibility index (Phi) is 5.48. The molecule has 2 aromatic heterocycles. The van der Waals surface area contributed by atoms with Gasteiger partial charge in [0.1, 0.15) is 16.1 Å². The summed E-state index contributed by atoms with van der Waals surface area (Å²) in [5, 5.41) is 11.0. The van der Waals surface area contributed by atoms with Crippen LogP contribution in [0.2, 0.25) is 5.02 Å². The van der Waals surface area contributed by atoms with E-state index in [-0.39, 0.29) is 29.1 Å². The zero-order valence-corrected chi connectivity index (χ0v) is 18.9. The molecule has 0 aliphatic carbocycles. The number of nitrogens with two attached hydrogens (primary N) is 1. The molecular formula is C18H22ClN5O3S2. The summed E-state index contributed by atoms with van der Waals surface area (Å²) >= 11 is 7.47. The van der Waals surface area contributed by atoms with Gasteiger partial charge in [-0.15, -0.1) is 11.3 Å². The van der Waals surface area contributed by atoms with Crippen molar-refractivity contribution in [3.05, 3.63) is 44.4 Å². The van der Waals surface area contributed by atoms with Gasteiger partial charge in [0.15, 0.2) is 9.84 Å². The van der Waals surface area contributed by atoms with Crippen LogP contribution in [0.4, 0.5) is 0 Å². The number of thiophene rings is 1. The molecule has 1 atom stereocenters. The van der Waals surface area contributed by atoms with Crippen molar-refractivity contribution in [1.29, 1.82) is 0 Å². The smallest absolute Gasteiger partial charge is 0.261 e. The van der Waals surface area contributed by atoms with E-state index in [0.29, 0.717) is 15.4 Å². The van der Waals surface area contributed by atoms with E-state index in [2.05, 4.69) is 20.5 Å². The molecule has 0 unspecified atom stereocenters. The molecule has 0 saturated carbocycles. The second-order valence-electron chi connectivity index (χ2n) is 7.68. The van der Waals surface area contributed by atoms with Crippen LogP contribution in [-0.2, 0) is 21.9 Å². The van der Waals surface area contributed by atoms with Gasteiger partial charge in [-0.1, -0.05) is 11.6 Å². The minimum Gasteiger partial charge on any atom is -0.386 e. The van der Waals surface area contributed by atoms with Gasteiger partial charge < -0.3 is 11.1 Å². The Bertz CT molecular complexity index is 1090. The minimum atomic E-state index is -3.57. The van der Waals surface area contributed by atoms with Crippen LogP contribution in [0.5, 0.6) is 0 Å².